The molecule has 2 aromatic carbocycles. The van der Waals surface area contributed by atoms with E-state index in [-0.39, 0.29) is 16.4 Å². The molecule has 0 radical (unpaired) electrons. The van der Waals surface area contributed by atoms with E-state index in [0.29, 0.717) is 52.4 Å². The quantitative estimate of drug-likeness (QED) is 0.188. The Labute approximate surface area is 236 Å². The first-order chi connectivity index (χ1) is 17.9. The molecule has 4 rings (SSSR count). The monoisotopic (exact) mass is 601 g/mol. The molecule has 0 aliphatic carbocycles. The molecule has 8 nitrogen and oxygen atoms in total. The first kappa shape index (κ1) is 28.1. The van der Waals surface area contributed by atoms with Crippen LogP contribution in [0.4, 0.5) is 31.7 Å². The lowest BCUT2D eigenvalue weighted by molar-refractivity contribution is -0.0964. The van der Waals surface area contributed by atoms with E-state index in [1.54, 1.807) is 24.3 Å². The third-order valence-corrected chi connectivity index (χ3v) is 6.02. The Morgan fingerprint density at radius 3 is 2.37 bits per heavy atom. The van der Waals surface area contributed by atoms with Gasteiger partial charge in [0.2, 0.25) is 0 Å². The number of amides is 1. The summed E-state index contributed by atoms with van der Waals surface area (Å²) in [5, 5.41) is 19.7. The molecule has 0 bridgehead atoms. The number of halogens is 5. The fourth-order valence-electron chi connectivity index (χ4n) is 3.71. The van der Waals surface area contributed by atoms with Gasteiger partial charge in [0.25, 0.3) is 5.91 Å². The summed E-state index contributed by atoms with van der Waals surface area (Å²) in [6, 6.07) is 11.7. The maximum absolute atomic E-state index is 12.9. The second kappa shape index (κ2) is 11.8. The van der Waals surface area contributed by atoms with Crippen LogP contribution >= 0.6 is 47.0 Å². The van der Waals surface area contributed by atoms with Gasteiger partial charge >= 0.3 is 5.57 Å². The molecule has 0 unspecified atom stereocenters. The van der Waals surface area contributed by atoms with E-state index >= 15 is 0 Å². The topological polar surface area (TPSA) is 98.8 Å². The number of alkyl halides is 3. The highest BCUT2D eigenvalue weighted by molar-refractivity contribution is 7.80. The minimum absolute atomic E-state index is 0.171. The van der Waals surface area contributed by atoms with Gasteiger partial charge in [-0.1, -0.05) is 23.2 Å². The lowest BCUT2D eigenvalue weighted by Crippen LogP contribution is -2.26. The summed E-state index contributed by atoms with van der Waals surface area (Å²) in [5.74, 6) is -0.185. The number of nitrogens with one attached hydrogen (secondary N) is 3. The molecule has 1 aliphatic rings. The maximum Gasteiger partial charge on any atom is 0.487 e. The Balaban J connectivity index is 1.53. The van der Waals surface area contributed by atoms with Crippen molar-refractivity contribution in [3.05, 3.63) is 70.3 Å². The van der Waals surface area contributed by atoms with Crippen molar-refractivity contribution in [2.75, 3.05) is 33.9 Å². The van der Waals surface area contributed by atoms with Crippen molar-refractivity contribution in [2.45, 2.75) is 18.1 Å². The first-order valence-electron chi connectivity index (χ1n) is 11.1. The van der Waals surface area contributed by atoms with Gasteiger partial charge in [0.15, 0.2) is 10.9 Å². The minimum atomic E-state index is -3.85. The zero-order valence-electron chi connectivity index (χ0n) is 19.4. The maximum atomic E-state index is 12.9. The van der Waals surface area contributed by atoms with E-state index in [0.717, 1.165) is 0 Å². The van der Waals surface area contributed by atoms with Gasteiger partial charge in [0.05, 0.1) is 17.4 Å². The number of carbonyl (C=O) groups excluding carboxylic acids is 1. The third-order valence-electron chi connectivity index (χ3n) is 5.31. The van der Waals surface area contributed by atoms with Crippen molar-refractivity contribution in [2.24, 2.45) is 0 Å². The van der Waals surface area contributed by atoms with Crippen LogP contribution in [-0.4, -0.2) is 45.9 Å². The highest BCUT2D eigenvalue weighted by Gasteiger charge is 2.27. The molecule has 4 N–H and O–H groups in total. The van der Waals surface area contributed by atoms with Gasteiger partial charge in [-0.05, 0) is 67.2 Å². The first-order valence-corrected chi connectivity index (χ1v) is 12.6. The minimum Gasteiger partial charge on any atom is -0.420 e. The van der Waals surface area contributed by atoms with Crippen LogP contribution in [0.2, 0.25) is 10.0 Å². The van der Waals surface area contributed by atoms with Crippen molar-refractivity contribution >= 4 is 80.9 Å². The van der Waals surface area contributed by atoms with Gasteiger partial charge in [-0.15, -0.1) is 8.78 Å². The molecule has 200 valence electrons. The van der Waals surface area contributed by atoms with Crippen LogP contribution in [-0.2, 0) is 0 Å². The van der Waals surface area contributed by atoms with Gasteiger partial charge in [-0.3, -0.25) is 4.79 Å². The van der Waals surface area contributed by atoms with Gasteiger partial charge in [0.1, 0.15) is 5.75 Å². The van der Waals surface area contributed by atoms with Crippen molar-refractivity contribution in [3.63, 3.8) is 0 Å². The molecule has 1 aliphatic heterocycles. The summed E-state index contributed by atoms with van der Waals surface area (Å²) in [6.07, 6.45) is 1.46. The number of β-amino-alcohol motifs (C(OH)–C–C–N with tert-alkyl or cyclic N) is 1. The molecular weight excluding hydrogens is 583 g/mol. The van der Waals surface area contributed by atoms with Gasteiger partial charge in [0, 0.05) is 52.3 Å². The lowest BCUT2D eigenvalue weighted by atomic mass is 10.2. The molecule has 1 saturated heterocycles. The van der Waals surface area contributed by atoms with Crippen LogP contribution < -0.4 is 25.6 Å². The zero-order chi connectivity index (χ0) is 27.4. The summed E-state index contributed by atoms with van der Waals surface area (Å²) in [4.78, 5) is 19.3. The van der Waals surface area contributed by atoms with E-state index < -0.39 is 17.6 Å². The number of carbonyl (C=O) groups is 1. The van der Waals surface area contributed by atoms with E-state index in [2.05, 4.69) is 25.7 Å². The second-order valence-electron chi connectivity index (χ2n) is 8.25. The SMILES string of the molecule is O=C(Nc1ccc(OC(F)(F)Cl)cc1)c1cnc(N2CC[C@@H](O)C2)c(NC(=S)Nc2cc(Cl)cc(Cl)c2)c1. The molecule has 0 saturated carbocycles. The molecule has 3 aromatic rings. The molecule has 1 atom stereocenters. The standard InChI is InChI=1S/C24H20Cl3F2N5O3S/c25-14-8-15(26)10-17(9-14)32-23(38)33-20-7-13(11-30-21(20)34-6-5-18(35)12-34)22(36)31-16-1-3-19(4-2-16)37-24(27,28)29/h1-4,7-11,18,35H,5-6,12H2,(H,31,36)(H2,32,33,38)/t18-/m1/s1. The summed E-state index contributed by atoms with van der Waals surface area (Å²) in [7, 11) is 0. The molecule has 1 amide bonds. The molecule has 0 spiro atoms. The molecule has 1 fully saturated rings. The average molecular weight is 603 g/mol. The van der Waals surface area contributed by atoms with Crippen LogP contribution in [0.25, 0.3) is 0 Å². The lowest BCUT2D eigenvalue weighted by Gasteiger charge is -2.22. The predicted octanol–water partition coefficient (Wildman–Crippen LogP) is 6.19. The number of aromatic nitrogens is 1. The van der Waals surface area contributed by atoms with Crippen LogP contribution in [0, 0.1) is 0 Å². The zero-order valence-corrected chi connectivity index (χ0v) is 22.4. The number of rotatable bonds is 7. The van der Waals surface area contributed by atoms with Crippen molar-refractivity contribution in [3.8, 4) is 5.75 Å². The Morgan fingerprint density at radius 1 is 1.08 bits per heavy atom. The number of nitrogens with zero attached hydrogens (tertiary/aromatic N) is 2. The Kier molecular flexibility index (Phi) is 8.74. The summed E-state index contributed by atoms with van der Waals surface area (Å²) < 4.78 is 29.9. The third kappa shape index (κ3) is 7.78. The largest absolute Gasteiger partial charge is 0.487 e. The van der Waals surface area contributed by atoms with E-state index in [4.69, 9.17) is 47.0 Å². The number of aliphatic hydroxyl groups is 1. The summed E-state index contributed by atoms with van der Waals surface area (Å²) in [6.45, 7) is 0.932. The smallest absolute Gasteiger partial charge is 0.420 e. The highest BCUT2D eigenvalue weighted by atomic mass is 35.5. The van der Waals surface area contributed by atoms with Gasteiger partial charge in [-0.2, -0.15) is 0 Å². The number of benzene rings is 2. The average Bonchev–Trinajstić information content (AvgIpc) is 3.24. The number of aliphatic hydroxyl groups excluding tert-OH is 1. The van der Waals surface area contributed by atoms with Gasteiger partial charge in [-0.25, -0.2) is 4.98 Å². The Bertz CT molecular complexity index is 1320. The van der Waals surface area contributed by atoms with Gasteiger partial charge < -0.3 is 30.7 Å². The fourth-order valence-corrected chi connectivity index (χ4v) is 4.56. The fraction of sp³-hybridized carbons (Fsp3) is 0.208. The molecule has 38 heavy (non-hydrogen) atoms. The highest BCUT2D eigenvalue weighted by Crippen LogP contribution is 2.30. The van der Waals surface area contributed by atoms with Crippen LogP contribution in [0.1, 0.15) is 16.8 Å². The normalized spacial score (nSPS) is 15.2. The van der Waals surface area contributed by atoms with Crippen molar-refractivity contribution in [1.29, 1.82) is 0 Å². The van der Waals surface area contributed by atoms with Crippen LogP contribution in [0.5, 0.6) is 5.75 Å². The Morgan fingerprint density at radius 2 is 1.76 bits per heavy atom. The number of anilines is 4. The van der Waals surface area contributed by atoms with Crippen LogP contribution in [0.3, 0.4) is 0 Å². The number of thiocarbonyl (C=S) groups is 1. The number of hydrogen-bond acceptors (Lipinski definition) is 6. The van der Waals surface area contributed by atoms with Crippen molar-refractivity contribution in [1.82, 2.24) is 4.98 Å². The van der Waals surface area contributed by atoms with E-state index in [1.807, 2.05) is 4.90 Å². The molecule has 1 aromatic heterocycles. The second-order valence-corrected chi connectivity index (χ2v) is 9.97. The summed E-state index contributed by atoms with van der Waals surface area (Å²) >= 11 is 22.3. The number of hydrogen-bond donors (Lipinski definition) is 4. The van der Waals surface area contributed by atoms with E-state index in [1.165, 1.54) is 30.5 Å². The number of pyridine rings is 1. The summed E-state index contributed by atoms with van der Waals surface area (Å²) in [5.41, 5.74) is -2.35. The van der Waals surface area contributed by atoms with Crippen LogP contribution in [0.15, 0.2) is 54.7 Å². The predicted molar refractivity (Wildman–Crippen MR) is 149 cm³/mol. The molecule has 2 heterocycles. The number of ether oxygens (including phenoxy) is 1. The molecular formula is C24H20Cl3F2N5O3S. The van der Waals surface area contributed by atoms with E-state index in [9.17, 15) is 18.7 Å². The van der Waals surface area contributed by atoms with Crippen molar-refractivity contribution < 1.29 is 23.4 Å². The molecule has 14 heteroatoms. The Hall–Kier alpha value is -2.96.